The van der Waals surface area contributed by atoms with Crippen LogP contribution in [-0.4, -0.2) is 30.9 Å². The van der Waals surface area contributed by atoms with E-state index >= 15 is 0 Å². The first-order valence-corrected chi connectivity index (χ1v) is 6.87. The second-order valence-corrected chi connectivity index (χ2v) is 5.17. The van der Waals surface area contributed by atoms with Crippen LogP contribution < -0.4 is 4.90 Å². The average molecular weight is 267 g/mol. The Balaban J connectivity index is 2.44. The van der Waals surface area contributed by atoms with E-state index in [1.165, 1.54) is 6.07 Å². The highest BCUT2D eigenvalue weighted by molar-refractivity contribution is 5.57. The molecule has 0 saturated carbocycles. The highest BCUT2D eigenvalue weighted by atomic mass is 19.1. The maximum absolute atomic E-state index is 13.7. The molecular formula is C15H22FNO2. The first-order valence-electron chi connectivity index (χ1n) is 6.87. The number of hydrogen-bond donors (Lipinski definition) is 1. The van der Waals surface area contributed by atoms with Gasteiger partial charge in [-0.15, -0.1) is 0 Å². The number of rotatable bonds is 3. The molecule has 1 heterocycles. The molecule has 1 aliphatic rings. The van der Waals surface area contributed by atoms with E-state index in [2.05, 4.69) is 11.8 Å². The van der Waals surface area contributed by atoms with Crippen LogP contribution >= 0.6 is 0 Å². The summed E-state index contributed by atoms with van der Waals surface area (Å²) in [5.41, 5.74) is 2.20. The van der Waals surface area contributed by atoms with Crippen LogP contribution in [0, 0.1) is 12.7 Å². The zero-order valence-electron chi connectivity index (χ0n) is 11.8. The normalized spacial score (nSPS) is 21.5. The number of halogens is 1. The van der Waals surface area contributed by atoms with E-state index in [0.29, 0.717) is 24.3 Å². The zero-order valence-corrected chi connectivity index (χ0v) is 11.8. The van der Waals surface area contributed by atoms with Crippen LogP contribution in [0.4, 0.5) is 10.1 Å². The lowest BCUT2D eigenvalue weighted by atomic mass is 10.0. The Kier molecular flexibility index (Phi) is 4.42. The van der Waals surface area contributed by atoms with E-state index in [1.54, 1.807) is 13.8 Å². The summed E-state index contributed by atoms with van der Waals surface area (Å²) < 4.78 is 19.2. The molecule has 1 aromatic carbocycles. The third-order valence-corrected chi connectivity index (χ3v) is 3.77. The summed E-state index contributed by atoms with van der Waals surface area (Å²) >= 11 is 0. The Morgan fingerprint density at radius 2 is 2.26 bits per heavy atom. The monoisotopic (exact) mass is 267 g/mol. The third kappa shape index (κ3) is 2.90. The number of anilines is 1. The number of nitrogens with zero attached hydrogens (tertiary/aromatic N) is 1. The summed E-state index contributed by atoms with van der Waals surface area (Å²) in [6, 6.07) is 3.58. The van der Waals surface area contributed by atoms with Crippen molar-refractivity contribution in [3.63, 3.8) is 0 Å². The molecule has 3 nitrogen and oxygen atoms in total. The summed E-state index contributed by atoms with van der Waals surface area (Å²) in [7, 11) is 0. The molecule has 1 fully saturated rings. The van der Waals surface area contributed by atoms with Crippen molar-refractivity contribution in [2.24, 2.45) is 0 Å². The van der Waals surface area contributed by atoms with Gasteiger partial charge in [0.25, 0.3) is 0 Å². The van der Waals surface area contributed by atoms with Crippen molar-refractivity contribution in [3.05, 3.63) is 29.1 Å². The average Bonchev–Trinajstić information content (AvgIpc) is 2.41. The molecule has 0 spiro atoms. The van der Waals surface area contributed by atoms with Gasteiger partial charge in [-0.1, -0.05) is 6.92 Å². The fraction of sp³-hybridized carbons (Fsp3) is 0.600. The Morgan fingerprint density at radius 1 is 1.53 bits per heavy atom. The van der Waals surface area contributed by atoms with E-state index in [9.17, 15) is 9.50 Å². The first-order chi connectivity index (χ1) is 9.04. The van der Waals surface area contributed by atoms with Crippen LogP contribution in [0.2, 0.25) is 0 Å². The lowest BCUT2D eigenvalue weighted by molar-refractivity contribution is 0.0924. The number of ether oxygens (including phenoxy) is 1. The molecule has 1 aliphatic heterocycles. The standard InChI is InChI=1S/C15H22FNO2/c1-4-12-9-19-6-5-17(12)15-7-10(2)14(16)8-13(15)11(3)18/h7-8,11-12,18H,4-6,9H2,1-3H3/t11-,12?/m0/s1. The lowest BCUT2D eigenvalue weighted by Crippen LogP contribution is -2.45. The predicted octanol–water partition coefficient (Wildman–Crippen LogP) is 2.80. The number of aryl methyl sites for hydroxylation is 1. The van der Waals surface area contributed by atoms with E-state index in [4.69, 9.17) is 4.74 Å². The van der Waals surface area contributed by atoms with Gasteiger partial charge in [0.05, 0.1) is 25.4 Å². The minimum Gasteiger partial charge on any atom is -0.389 e. The van der Waals surface area contributed by atoms with E-state index < -0.39 is 6.10 Å². The Morgan fingerprint density at radius 3 is 2.89 bits per heavy atom. The van der Waals surface area contributed by atoms with Crippen LogP contribution in [0.3, 0.4) is 0 Å². The largest absolute Gasteiger partial charge is 0.389 e. The molecule has 0 radical (unpaired) electrons. The molecule has 1 N–H and O–H groups in total. The van der Waals surface area contributed by atoms with Gasteiger partial charge in [-0.2, -0.15) is 0 Å². The summed E-state index contributed by atoms with van der Waals surface area (Å²) in [5, 5.41) is 9.88. The maximum atomic E-state index is 13.7. The topological polar surface area (TPSA) is 32.7 Å². The summed E-state index contributed by atoms with van der Waals surface area (Å²) in [6.45, 7) is 7.69. The number of hydrogen-bond acceptors (Lipinski definition) is 3. The SMILES string of the molecule is CCC1COCCN1c1cc(C)c(F)cc1[C@H](C)O. The number of aliphatic hydroxyl groups excluding tert-OH is 1. The van der Waals surface area contributed by atoms with Crippen molar-refractivity contribution >= 4 is 5.69 Å². The zero-order chi connectivity index (χ0) is 14.0. The summed E-state index contributed by atoms with van der Waals surface area (Å²) in [4.78, 5) is 2.23. The van der Waals surface area contributed by atoms with Crippen molar-refractivity contribution in [2.45, 2.75) is 39.3 Å². The maximum Gasteiger partial charge on any atom is 0.126 e. The van der Waals surface area contributed by atoms with Crippen LogP contribution in [0.5, 0.6) is 0 Å². The third-order valence-electron chi connectivity index (χ3n) is 3.77. The number of aliphatic hydroxyl groups is 1. The van der Waals surface area contributed by atoms with Crippen LogP contribution in [-0.2, 0) is 4.74 Å². The van der Waals surface area contributed by atoms with Gasteiger partial charge in [0.2, 0.25) is 0 Å². The van der Waals surface area contributed by atoms with Gasteiger partial charge >= 0.3 is 0 Å². The number of benzene rings is 1. The van der Waals surface area contributed by atoms with E-state index in [0.717, 1.165) is 18.7 Å². The molecule has 0 aromatic heterocycles. The van der Waals surface area contributed by atoms with Gasteiger partial charge in [0.1, 0.15) is 5.82 Å². The smallest absolute Gasteiger partial charge is 0.126 e. The second-order valence-electron chi connectivity index (χ2n) is 5.17. The van der Waals surface area contributed by atoms with Crippen molar-refractivity contribution < 1.29 is 14.2 Å². The van der Waals surface area contributed by atoms with Gasteiger partial charge in [0, 0.05) is 17.8 Å². The molecule has 0 bridgehead atoms. The fourth-order valence-corrected chi connectivity index (χ4v) is 2.58. The quantitative estimate of drug-likeness (QED) is 0.914. The Labute approximate surface area is 114 Å². The predicted molar refractivity (Wildman–Crippen MR) is 74.0 cm³/mol. The van der Waals surface area contributed by atoms with Crippen molar-refractivity contribution in [2.75, 3.05) is 24.7 Å². The van der Waals surface area contributed by atoms with Crippen LogP contribution in [0.15, 0.2) is 12.1 Å². The van der Waals surface area contributed by atoms with Gasteiger partial charge in [-0.05, 0) is 38.0 Å². The van der Waals surface area contributed by atoms with Gasteiger partial charge in [-0.25, -0.2) is 4.39 Å². The van der Waals surface area contributed by atoms with Crippen molar-refractivity contribution in [1.82, 2.24) is 0 Å². The van der Waals surface area contributed by atoms with Crippen LogP contribution in [0.1, 0.15) is 37.5 Å². The van der Waals surface area contributed by atoms with Crippen molar-refractivity contribution in [3.8, 4) is 0 Å². The van der Waals surface area contributed by atoms with Crippen molar-refractivity contribution in [1.29, 1.82) is 0 Å². The Bertz CT molecular complexity index is 448. The summed E-state index contributed by atoms with van der Waals surface area (Å²) in [5.74, 6) is -0.263. The molecular weight excluding hydrogens is 245 g/mol. The Hall–Kier alpha value is -1.13. The highest BCUT2D eigenvalue weighted by Crippen LogP contribution is 2.32. The fourth-order valence-electron chi connectivity index (χ4n) is 2.58. The molecule has 0 amide bonds. The first kappa shape index (κ1) is 14.3. The van der Waals surface area contributed by atoms with E-state index in [-0.39, 0.29) is 11.9 Å². The molecule has 1 aromatic rings. The minimum absolute atomic E-state index is 0.263. The van der Waals surface area contributed by atoms with E-state index in [1.807, 2.05) is 6.07 Å². The minimum atomic E-state index is -0.676. The van der Waals surface area contributed by atoms with Gasteiger partial charge < -0.3 is 14.7 Å². The summed E-state index contributed by atoms with van der Waals surface area (Å²) in [6.07, 6.45) is 0.292. The molecule has 4 heteroatoms. The van der Waals surface area contributed by atoms with Gasteiger partial charge in [0.15, 0.2) is 0 Å². The molecule has 106 valence electrons. The molecule has 19 heavy (non-hydrogen) atoms. The molecule has 2 rings (SSSR count). The van der Waals surface area contributed by atoms with Crippen LogP contribution in [0.25, 0.3) is 0 Å². The highest BCUT2D eigenvalue weighted by Gasteiger charge is 2.25. The molecule has 0 aliphatic carbocycles. The second kappa shape index (κ2) is 5.88. The molecule has 2 atom stereocenters. The lowest BCUT2D eigenvalue weighted by Gasteiger charge is -2.38. The molecule has 1 unspecified atom stereocenters. The molecule has 1 saturated heterocycles. The van der Waals surface area contributed by atoms with Gasteiger partial charge in [-0.3, -0.25) is 0 Å². The number of morpholine rings is 1.